The molecule has 2 amide bonds. The number of halogens is 1. The fourth-order valence-corrected chi connectivity index (χ4v) is 3.63. The molecule has 0 heterocycles. The second-order valence-electron chi connectivity index (χ2n) is 7.18. The van der Waals surface area contributed by atoms with Crippen LogP contribution in [0.4, 0.5) is 4.39 Å². The maximum absolute atomic E-state index is 12.9. The average Bonchev–Trinajstić information content (AvgIpc) is 2.65. The Kier molecular flexibility index (Phi) is 7.29. The normalized spacial score (nSPS) is 24.8. The Morgan fingerprint density at radius 2 is 1.89 bits per heavy atom. The highest BCUT2D eigenvalue weighted by atomic mass is 19.1. The van der Waals surface area contributed by atoms with Crippen LogP contribution in [0.2, 0.25) is 0 Å². The molecule has 1 radical (unpaired) electrons. The maximum atomic E-state index is 12.9. The van der Waals surface area contributed by atoms with Crippen LogP contribution in [0.25, 0.3) is 0 Å². The standard InChI is InChI=1S/C19H26FN2O5/c20-14-4-1-12(2-5-14)3-6-15(23)11-16(18(25)22-27)19(26)9-7-13(8-10-19)17(21)24/h1-2,4-6,13,15-16,23,26-27H,3,7-11H2,(H2,21,24)(H,22,25). The van der Waals surface area contributed by atoms with E-state index >= 15 is 0 Å². The quantitative estimate of drug-likeness (QED) is 0.336. The Morgan fingerprint density at radius 3 is 2.41 bits per heavy atom. The maximum Gasteiger partial charge on any atom is 0.249 e. The van der Waals surface area contributed by atoms with Crippen molar-refractivity contribution in [1.82, 2.24) is 5.48 Å². The molecule has 1 aliphatic rings. The molecule has 0 aromatic heterocycles. The second kappa shape index (κ2) is 9.25. The minimum atomic E-state index is -1.44. The van der Waals surface area contributed by atoms with Gasteiger partial charge in [0.1, 0.15) is 5.82 Å². The zero-order valence-electron chi connectivity index (χ0n) is 15.0. The van der Waals surface area contributed by atoms with Crippen LogP contribution in [-0.4, -0.2) is 38.9 Å². The summed E-state index contributed by atoms with van der Waals surface area (Å²) < 4.78 is 12.9. The van der Waals surface area contributed by atoms with Crippen molar-refractivity contribution in [2.45, 2.75) is 50.2 Å². The molecule has 2 rings (SSSR count). The number of aliphatic hydroxyl groups is 2. The predicted octanol–water partition coefficient (Wildman–Crippen LogP) is 0.852. The number of nitrogens with two attached hydrogens (primary N) is 1. The van der Waals surface area contributed by atoms with Crippen LogP contribution < -0.4 is 11.2 Å². The van der Waals surface area contributed by atoms with Crippen LogP contribution in [0.5, 0.6) is 0 Å². The molecule has 0 saturated heterocycles. The number of primary amides is 1. The first-order valence-corrected chi connectivity index (χ1v) is 8.96. The van der Waals surface area contributed by atoms with Gasteiger partial charge < -0.3 is 15.9 Å². The van der Waals surface area contributed by atoms with Crippen LogP contribution in [-0.2, 0) is 16.0 Å². The molecule has 1 aliphatic carbocycles. The van der Waals surface area contributed by atoms with Crippen molar-refractivity contribution < 1.29 is 29.4 Å². The number of rotatable bonds is 8. The van der Waals surface area contributed by atoms with Gasteiger partial charge in [-0.25, -0.2) is 9.87 Å². The fourth-order valence-electron chi connectivity index (χ4n) is 3.63. The Bertz CT molecular complexity index is 644. The van der Waals surface area contributed by atoms with Crippen molar-refractivity contribution >= 4 is 11.8 Å². The molecule has 1 saturated carbocycles. The first kappa shape index (κ1) is 21.3. The molecule has 1 aromatic carbocycles. The van der Waals surface area contributed by atoms with E-state index in [1.807, 2.05) is 0 Å². The summed E-state index contributed by atoms with van der Waals surface area (Å²) in [6.07, 6.45) is 1.83. The van der Waals surface area contributed by atoms with Gasteiger partial charge in [-0.3, -0.25) is 14.8 Å². The summed E-state index contributed by atoms with van der Waals surface area (Å²) >= 11 is 0. The van der Waals surface area contributed by atoms with E-state index in [0.29, 0.717) is 19.3 Å². The molecule has 149 valence electrons. The van der Waals surface area contributed by atoms with Gasteiger partial charge in [-0.2, -0.15) is 0 Å². The van der Waals surface area contributed by atoms with Crippen molar-refractivity contribution in [3.05, 3.63) is 42.1 Å². The average molecular weight is 381 g/mol. The summed E-state index contributed by atoms with van der Waals surface area (Å²) in [5.74, 6) is -2.97. The predicted molar refractivity (Wildman–Crippen MR) is 94.5 cm³/mol. The van der Waals surface area contributed by atoms with Gasteiger partial charge in [0.15, 0.2) is 0 Å². The van der Waals surface area contributed by atoms with Crippen LogP contribution in [0, 0.1) is 24.1 Å². The van der Waals surface area contributed by atoms with E-state index < -0.39 is 29.4 Å². The fraction of sp³-hybridized carbons (Fsp3) is 0.526. The molecule has 8 heteroatoms. The number of aliphatic hydroxyl groups excluding tert-OH is 1. The van der Waals surface area contributed by atoms with Gasteiger partial charge in [-0.1, -0.05) is 12.1 Å². The summed E-state index contributed by atoms with van der Waals surface area (Å²) in [4.78, 5) is 23.4. The van der Waals surface area contributed by atoms with Gasteiger partial charge in [0, 0.05) is 5.92 Å². The van der Waals surface area contributed by atoms with E-state index in [-0.39, 0.29) is 31.0 Å². The second-order valence-corrected chi connectivity index (χ2v) is 7.18. The topological polar surface area (TPSA) is 133 Å². The van der Waals surface area contributed by atoms with E-state index in [2.05, 4.69) is 0 Å². The summed E-state index contributed by atoms with van der Waals surface area (Å²) in [6, 6.07) is 5.82. The monoisotopic (exact) mass is 381 g/mol. The molecular formula is C19H26FN2O5. The Hall–Kier alpha value is -2.03. The highest BCUT2D eigenvalue weighted by Gasteiger charge is 2.45. The zero-order chi connectivity index (χ0) is 20.0. The summed E-state index contributed by atoms with van der Waals surface area (Å²) in [6.45, 7) is 0. The summed E-state index contributed by atoms with van der Waals surface area (Å²) in [7, 11) is 0. The summed E-state index contributed by atoms with van der Waals surface area (Å²) in [5, 5.41) is 30.2. The molecule has 0 aliphatic heterocycles. The molecule has 7 nitrogen and oxygen atoms in total. The highest BCUT2D eigenvalue weighted by Crippen LogP contribution is 2.39. The highest BCUT2D eigenvalue weighted by molar-refractivity contribution is 5.79. The van der Waals surface area contributed by atoms with Crippen molar-refractivity contribution in [2.24, 2.45) is 17.6 Å². The SMILES string of the molecule is NC(=O)C1CCC(O)(C(CC(O)[CH]Cc2ccc(F)cc2)C(=O)NO)CC1. The van der Waals surface area contributed by atoms with E-state index in [0.717, 1.165) is 5.56 Å². The van der Waals surface area contributed by atoms with Gasteiger partial charge >= 0.3 is 0 Å². The first-order valence-electron chi connectivity index (χ1n) is 8.96. The number of carbonyl (C=O) groups is 2. The van der Waals surface area contributed by atoms with Crippen LogP contribution in [0.3, 0.4) is 0 Å². The van der Waals surface area contributed by atoms with Gasteiger partial charge in [-0.15, -0.1) is 0 Å². The molecule has 0 bridgehead atoms. The third-order valence-electron chi connectivity index (χ3n) is 5.35. The largest absolute Gasteiger partial charge is 0.393 e. The first-order chi connectivity index (χ1) is 12.7. The van der Waals surface area contributed by atoms with Crippen molar-refractivity contribution in [3.8, 4) is 0 Å². The molecule has 2 unspecified atom stereocenters. The lowest BCUT2D eigenvalue weighted by atomic mass is 9.70. The molecule has 0 spiro atoms. The number of nitrogens with one attached hydrogen (secondary N) is 1. The smallest absolute Gasteiger partial charge is 0.249 e. The third-order valence-corrected chi connectivity index (χ3v) is 5.35. The van der Waals surface area contributed by atoms with Gasteiger partial charge in [0.25, 0.3) is 0 Å². The molecule has 1 aromatic rings. The zero-order valence-corrected chi connectivity index (χ0v) is 15.0. The van der Waals surface area contributed by atoms with Gasteiger partial charge in [0.05, 0.1) is 17.6 Å². The lowest BCUT2D eigenvalue weighted by Gasteiger charge is -2.40. The molecule has 1 fully saturated rings. The minimum absolute atomic E-state index is 0.0919. The number of hydrogen-bond donors (Lipinski definition) is 5. The van der Waals surface area contributed by atoms with Crippen LogP contribution in [0.1, 0.15) is 37.7 Å². The molecule has 2 atom stereocenters. The van der Waals surface area contributed by atoms with E-state index in [1.54, 1.807) is 24.0 Å². The Labute approximate surface area is 157 Å². The van der Waals surface area contributed by atoms with E-state index in [9.17, 15) is 24.2 Å². The van der Waals surface area contributed by atoms with Gasteiger partial charge in [0.2, 0.25) is 11.8 Å². The number of benzene rings is 1. The van der Waals surface area contributed by atoms with Crippen LogP contribution >= 0.6 is 0 Å². The lowest BCUT2D eigenvalue weighted by Crippen LogP contribution is -2.50. The Morgan fingerprint density at radius 1 is 1.30 bits per heavy atom. The van der Waals surface area contributed by atoms with E-state index in [4.69, 9.17) is 10.9 Å². The molecule has 6 N–H and O–H groups in total. The lowest BCUT2D eigenvalue weighted by molar-refractivity contribution is -0.150. The van der Waals surface area contributed by atoms with Crippen molar-refractivity contribution in [2.75, 3.05) is 0 Å². The van der Waals surface area contributed by atoms with Crippen LogP contribution in [0.15, 0.2) is 24.3 Å². The number of hydrogen-bond acceptors (Lipinski definition) is 5. The number of carbonyl (C=O) groups excluding carboxylic acids is 2. The molecular weight excluding hydrogens is 355 g/mol. The summed E-state index contributed by atoms with van der Waals surface area (Å²) in [5.41, 5.74) is 6.19. The van der Waals surface area contributed by atoms with E-state index in [1.165, 1.54) is 12.1 Å². The van der Waals surface area contributed by atoms with Gasteiger partial charge in [-0.05, 0) is 62.6 Å². The number of amides is 2. The third kappa shape index (κ3) is 5.72. The van der Waals surface area contributed by atoms with Crippen molar-refractivity contribution in [1.29, 1.82) is 0 Å². The molecule has 27 heavy (non-hydrogen) atoms. The Balaban J connectivity index is 1.98. The number of hydroxylamine groups is 1. The van der Waals surface area contributed by atoms with Crippen molar-refractivity contribution in [3.63, 3.8) is 0 Å². The minimum Gasteiger partial charge on any atom is -0.393 e.